The Bertz CT molecular complexity index is 913. The second-order valence-corrected chi connectivity index (χ2v) is 16.6. The summed E-state index contributed by atoms with van der Waals surface area (Å²) in [5, 5.41) is 0.259. The van der Waals surface area contributed by atoms with Gasteiger partial charge in [0.15, 0.2) is 0 Å². The molecule has 41 heavy (non-hydrogen) atoms. The van der Waals surface area contributed by atoms with Gasteiger partial charge >= 0.3 is 0 Å². The van der Waals surface area contributed by atoms with E-state index in [1.54, 1.807) is 0 Å². The lowest BCUT2D eigenvalue weighted by Gasteiger charge is -2.24. The van der Waals surface area contributed by atoms with Gasteiger partial charge in [-0.25, -0.2) is 0 Å². The molecule has 6 atom stereocenters. The largest absolute Gasteiger partial charge is 0.493 e. The smallest absolute Gasteiger partial charge is 0.119 e. The molecule has 0 aliphatic heterocycles. The van der Waals surface area contributed by atoms with Crippen LogP contribution in [-0.4, -0.2) is 35.5 Å². The summed E-state index contributed by atoms with van der Waals surface area (Å²) in [5.41, 5.74) is 2.96. The molecule has 2 rings (SSSR count). The normalized spacial score (nSPS) is 16.9. The highest BCUT2D eigenvalue weighted by atomic mass is 35.5. The fraction of sp³-hybridized carbons (Fsp3) is 0.667. The van der Waals surface area contributed by atoms with Crippen LogP contribution in [0.4, 0.5) is 0 Å². The van der Waals surface area contributed by atoms with Crippen molar-refractivity contribution in [3.63, 3.8) is 0 Å². The first kappa shape index (κ1) is 36.2. The molecule has 5 heteroatoms. The zero-order valence-corrected chi connectivity index (χ0v) is 29.6. The Morgan fingerprint density at radius 3 is 1.20 bits per heavy atom. The monoisotopic (exact) mass is 622 g/mol. The molecule has 2 aromatic rings. The molecule has 0 saturated carbocycles. The fourth-order valence-corrected chi connectivity index (χ4v) is 6.89. The zero-order valence-electron chi connectivity index (χ0n) is 27.3. The number of ether oxygens (including phenoxy) is 2. The molecule has 2 nitrogen and oxygen atoms in total. The molecule has 0 fully saturated rings. The van der Waals surface area contributed by atoms with E-state index in [0.717, 1.165) is 35.8 Å². The Morgan fingerprint density at radius 1 is 0.585 bits per heavy atom. The minimum absolute atomic E-state index is 0.129. The van der Waals surface area contributed by atoms with Gasteiger partial charge in [-0.15, -0.1) is 23.2 Å². The van der Waals surface area contributed by atoms with Crippen LogP contribution in [0.1, 0.15) is 93.2 Å². The molecule has 0 saturated heterocycles. The molecular weight excluding hydrogens is 567 g/mol. The van der Waals surface area contributed by atoms with E-state index >= 15 is 0 Å². The summed E-state index contributed by atoms with van der Waals surface area (Å²) >= 11 is 15.5. The van der Waals surface area contributed by atoms with E-state index in [2.05, 4.69) is 118 Å². The number of alkyl halides is 2. The van der Waals surface area contributed by atoms with Crippen LogP contribution in [0, 0.1) is 23.7 Å². The van der Waals surface area contributed by atoms with Crippen LogP contribution < -0.4 is 9.47 Å². The van der Waals surface area contributed by atoms with Crippen LogP contribution in [0.2, 0.25) is 0 Å². The molecule has 0 aliphatic rings. The van der Waals surface area contributed by atoms with Crippen molar-refractivity contribution in [2.75, 3.05) is 24.7 Å². The van der Waals surface area contributed by atoms with Crippen molar-refractivity contribution in [1.29, 1.82) is 0 Å². The van der Waals surface area contributed by atoms with Crippen molar-refractivity contribution < 1.29 is 9.47 Å². The number of hydrogen-bond donors (Lipinski definition) is 0. The maximum Gasteiger partial charge on any atom is 0.119 e. The summed E-state index contributed by atoms with van der Waals surface area (Å²) in [5.74, 6) is 5.45. The van der Waals surface area contributed by atoms with Gasteiger partial charge in [0, 0.05) is 22.3 Å². The van der Waals surface area contributed by atoms with E-state index in [4.69, 9.17) is 32.7 Å². The average molecular weight is 624 g/mol. The maximum absolute atomic E-state index is 6.81. The second kappa shape index (κ2) is 16.7. The van der Waals surface area contributed by atoms with Crippen molar-refractivity contribution in [3.8, 4) is 11.5 Å². The van der Waals surface area contributed by atoms with Crippen molar-refractivity contribution in [2.45, 2.75) is 104 Å². The summed E-state index contributed by atoms with van der Waals surface area (Å²) in [4.78, 5) is 0. The lowest BCUT2D eigenvalue weighted by atomic mass is 9.87. The molecule has 0 N–H and O–H groups in total. The van der Waals surface area contributed by atoms with Gasteiger partial charge in [-0.3, -0.25) is 0 Å². The summed E-state index contributed by atoms with van der Waals surface area (Å²) in [6.07, 6.45) is 2.10. The maximum atomic E-state index is 6.81. The Labute approximate surface area is 266 Å². The standard InChI is InChI=1S/C36H56Cl2O2S/c1-25(21-39-31-15-11-29(12-16-31)35(5,6)7)19-27(3)33(37)23-41-24-34(38)28(4)20-26(2)22-40-32-17-13-30(14-18-32)36(8,9)10/h11-18,25-28,33-34H,19-24H2,1-10H3. The molecule has 0 radical (unpaired) electrons. The fourth-order valence-electron chi connectivity index (χ4n) is 4.90. The summed E-state index contributed by atoms with van der Waals surface area (Å²) in [6, 6.07) is 17.0. The molecule has 0 heterocycles. The number of rotatable bonds is 16. The van der Waals surface area contributed by atoms with Gasteiger partial charge in [-0.2, -0.15) is 11.8 Å². The van der Waals surface area contributed by atoms with E-state index in [9.17, 15) is 0 Å². The van der Waals surface area contributed by atoms with E-state index in [0.29, 0.717) is 36.9 Å². The van der Waals surface area contributed by atoms with Gasteiger partial charge in [0.05, 0.1) is 13.2 Å². The molecule has 232 valence electrons. The molecule has 0 aliphatic carbocycles. The Balaban J connectivity index is 1.64. The SMILES string of the molecule is CC(COc1ccc(C(C)(C)C)cc1)CC(C)C(Cl)CSCC(Cl)C(C)CC(C)COc1ccc(C(C)(C)C)cc1. The molecule has 0 aromatic heterocycles. The summed E-state index contributed by atoms with van der Waals surface area (Å²) in [6.45, 7) is 23.8. The highest BCUT2D eigenvalue weighted by molar-refractivity contribution is 7.99. The number of halogens is 2. The summed E-state index contributed by atoms with van der Waals surface area (Å²) < 4.78 is 12.1. The van der Waals surface area contributed by atoms with E-state index in [1.807, 2.05) is 11.8 Å². The van der Waals surface area contributed by atoms with Crippen LogP contribution in [0.5, 0.6) is 11.5 Å². The van der Waals surface area contributed by atoms with Gasteiger partial charge < -0.3 is 9.47 Å². The number of thioether (sulfide) groups is 1. The first-order valence-electron chi connectivity index (χ1n) is 15.4. The third kappa shape index (κ3) is 13.4. The van der Waals surface area contributed by atoms with Gasteiger partial charge in [0.25, 0.3) is 0 Å². The quantitative estimate of drug-likeness (QED) is 0.173. The Hall–Kier alpha value is -1.03. The zero-order chi connectivity index (χ0) is 30.8. The molecular formula is C36H56Cl2O2S. The van der Waals surface area contributed by atoms with E-state index in [-0.39, 0.29) is 21.6 Å². The van der Waals surface area contributed by atoms with Crippen molar-refractivity contribution >= 4 is 35.0 Å². The second-order valence-electron chi connectivity index (χ2n) is 14.4. The first-order valence-corrected chi connectivity index (χ1v) is 17.4. The third-order valence-corrected chi connectivity index (χ3v) is 10.6. The molecule has 2 aromatic carbocycles. The predicted molar refractivity (Wildman–Crippen MR) is 184 cm³/mol. The third-order valence-electron chi connectivity index (χ3n) is 7.85. The molecule has 0 amide bonds. The van der Waals surface area contributed by atoms with Crippen LogP contribution in [0.15, 0.2) is 48.5 Å². The van der Waals surface area contributed by atoms with E-state index in [1.165, 1.54) is 11.1 Å². The van der Waals surface area contributed by atoms with Gasteiger partial charge in [-0.05, 0) is 82.7 Å². The van der Waals surface area contributed by atoms with Crippen LogP contribution in [-0.2, 0) is 10.8 Å². The highest BCUT2D eigenvalue weighted by Crippen LogP contribution is 2.29. The lowest BCUT2D eigenvalue weighted by molar-refractivity contribution is 0.235. The van der Waals surface area contributed by atoms with Crippen LogP contribution in [0.3, 0.4) is 0 Å². The Kier molecular flexibility index (Phi) is 14.7. The average Bonchev–Trinajstić information content (AvgIpc) is 2.90. The number of benzene rings is 2. The van der Waals surface area contributed by atoms with Gasteiger partial charge in [0.1, 0.15) is 11.5 Å². The topological polar surface area (TPSA) is 18.5 Å². The molecule has 0 bridgehead atoms. The van der Waals surface area contributed by atoms with Crippen LogP contribution in [0.25, 0.3) is 0 Å². The predicted octanol–water partition coefficient (Wildman–Crippen LogP) is 11.0. The van der Waals surface area contributed by atoms with Gasteiger partial charge in [0.2, 0.25) is 0 Å². The van der Waals surface area contributed by atoms with Crippen LogP contribution >= 0.6 is 35.0 Å². The first-order chi connectivity index (χ1) is 19.1. The lowest BCUT2D eigenvalue weighted by Crippen LogP contribution is -2.22. The van der Waals surface area contributed by atoms with Crippen molar-refractivity contribution in [3.05, 3.63) is 59.7 Å². The minimum Gasteiger partial charge on any atom is -0.493 e. The minimum atomic E-state index is 0.129. The van der Waals surface area contributed by atoms with Crippen molar-refractivity contribution in [2.24, 2.45) is 23.7 Å². The molecule has 0 spiro atoms. The number of hydrogen-bond acceptors (Lipinski definition) is 3. The van der Waals surface area contributed by atoms with Crippen molar-refractivity contribution in [1.82, 2.24) is 0 Å². The van der Waals surface area contributed by atoms with E-state index < -0.39 is 0 Å². The Morgan fingerprint density at radius 2 is 0.902 bits per heavy atom. The highest BCUT2D eigenvalue weighted by Gasteiger charge is 2.22. The summed E-state index contributed by atoms with van der Waals surface area (Å²) in [7, 11) is 0. The van der Waals surface area contributed by atoms with Gasteiger partial charge in [-0.1, -0.05) is 93.5 Å². The molecule has 6 unspecified atom stereocenters.